The van der Waals surface area contributed by atoms with Gasteiger partial charge in [-0.1, -0.05) is 40.5 Å². The lowest BCUT2D eigenvalue weighted by Gasteiger charge is -2.23. The molecule has 0 radical (unpaired) electrons. The van der Waals surface area contributed by atoms with Crippen molar-refractivity contribution in [3.8, 4) is 0 Å². The molecular formula is C14H25N3O. The second-order valence-corrected chi connectivity index (χ2v) is 5.18. The van der Waals surface area contributed by atoms with Crippen LogP contribution in [0.15, 0.2) is 10.9 Å². The summed E-state index contributed by atoms with van der Waals surface area (Å²) in [7, 11) is 0. The molecule has 0 saturated heterocycles. The lowest BCUT2D eigenvalue weighted by molar-refractivity contribution is 0.437. The predicted molar refractivity (Wildman–Crippen MR) is 76.1 cm³/mol. The van der Waals surface area contributed by atoms with Crippen molar-refractivity contribution in [3.05, 3.63) is 22.2 Å². The molecule has 0 saturated carbocycles. The topological polar surface area (TPSA) is 57.8 Å². The number of aromatic nitrogens is 2. The first-order valence-corrected chi connectivity index (χ1v) is 6.85. The maximum Gasteiger partial charge on any atom is 0.252 e. The van der Waals surface area contributed by atoms with Crippen LogP contribution in [0.1, 0.15) is 59.2 Å². The molecule has 0 aliphatic rings. The molecule has 2 N–H and O–H groups in total. The van der Waals surface area contributed by atoms with E-state index < -0.39 is 0 Å². The van der Waals surface area contributed by atoms with Crippen LogP contribution in [0.25, 0.3) is 0 Å². The van der Waals surface area contributed by atoms with Gasteiger partial charge in [0.1, 0.15) is 11.6 Å². The van der Waals surface area contributed by atoms with Crippen molar-refractivity contribution in [2.75, 3.05) is 5.32 Å². The van der Waals surface area contributed by atoms with Gasteiger partial charge in [0.25, 0.3) is 5.56 Å². The van der Waals surface area contributed by atoms with Crippen LogP contribution in [0.3, 0.4) is 0 Å². The number of nitrogens with zero attached hydrogens (tertiary/aromatic N) is 1. The monoisotopic (exact) mass is 251 g/mol. The Bertz CT molecular complexity index is 421. The van der Waals surface area contributed by atoms with E-state index in [1.54, 1.807) is 0 Å². The van der Waals surface area contributed by atoms with Crippen molar-refractivity contribution in [2.24, 2.45) is 5.92 Å². The maximum absolute atomic E-state index is 11.6. The van der Waals surface area contributed by atoms with E-state index >= 15 is 0 Å². The van der Waals surface area contributed by atoms with Crippen molar-refractivity contribution in [1.82, 2.24) is 9.97 Å². The Morgan fingerprint density at radius 2 is 1.89 bits per heavy atom. The molecule has 1 aromatic heterocycles. The quantitative estimate of drug-likeness (QED) is 0.816. The second kappa shape index (κ2) is 6.57. The third-order valence-corrected chi connectivity index (χ3v) is 3.44. The fraction of sp³-hybridized carbons (Fsp3) is 0.714. The van der Waals surface area contributed by atoms with Crippen molar-refractivity contribution < 1.29 is 0 Å². The number of hydrogen-bond donors (Lipinski definition) is 2. The highest BCUT2D eigenvalue weighted by Gasteiger charge is 2.14. The van der Waals surface area contributed by atoms with E-state index in [-0.39, 0.29) is 11.5 Å². The van der Waals surface area contributed by atoms with Crippen LogP contribution in [0.4, 0.5) is 5.82 Å². The number of rotatable bonds is 6. The first-order valence-electron chi connectivity index (χ1n) is 6.85. The van der Waals surface area contributed by atoms with Gasteiger partial charge in [0.2, 0.25) is 0 Å². The predicted octanol–water partition coefficient (Wildman–Crippen LogP) is 3.13. The number of anilines is 1. The normalized spacial score (nSPS) is 13.1. The van der Waals surface area contributed by atoms with E-state index in [1.807, 2.05) is 13.8 Å². The van der Waals surface area contributed by atoms with Crippen LogP contribution < -0.4 is 10.9 Å². The van der Waals surface area contributed by atoms with Crippen LogP contribution in [-0.4, -0.2) is 16.0 Å². The average molecular weight is 251 g/mol. The van der Waals surface area contributed by atoms with Gasteiger partial charge in [0.15, 0.2) is 0 Å². The molecule has 0 aliphatic carbocycles. The molecular weight excluding hydrogens is 226 g/mol. The Morgan fingerprint density at radius 3 is 2.39 bits per heavy atom. The molecule has 1 unspecified atom stereocenters. The molecule has 0 aliphatic heterocycles. The fourth-order valence-corrected chi connectivity index (χ4v) is 2.17. The molecule has 1 atom stereocenters. The molecule has 1 heterocycles. The SMILES string of the molecule is CCC(CC)C(C)Nc1cc(=O)[nH]c(C(C)C)n1. The molecule has 1 rings (SSSR count). The summed E-state index contributed by atoms with van der Waals surface area (Å²) in [4.78, 5) is 18.8. The molecule has 0 fully saturated rings. The number of H-pyrrole nitrogens is 1. The van der Waals surface area contributed by atoms with Gasteiger partial charge < -0.3 is 10.3 Å². The van der Waals surface area contributed by atoms with Gasteiger partial charge in [-0.3, -0.25) is 4.79 Å². The highest BCUT2D eigenvalue weighted by molar-refractivity contribution is 5.34. The minimum absolute atomic E-state index is 0.0899. The molecule has 18 heavy (non-hydrogen) atoms. The summed E-state index contributed by atoms with van der Waals surface area (Å²) in [5.74, 6) is 2.25. The highest BCUT2D eigenvalue weighted by atomic mass is 16.1. The van der Waals surface area contributed by atoms with Crippen LogP contribution in [0.5, 0.6) is 0 Å². The summed E-state index contributed by atoms with van der Waals surface area (Å²) >= 11 is 0. The molecule has 0 spiro atoms. The summed E-state index contributed by atoms with van der Waals surface area (Å²) in [6, 6.07) is 1.86. The fourth-order valence-electron chi connectivity index (χ4n) is 2.17. The van der Waals surface area contributed by atoms with Crippen molar-refractivity contribution in [1.29, 1.82) is 0 Å². The first-order chi connectivity index (χ1) is 8.47. The minimum Gasteiger partial charge on any atom is -0.367 e. The van der Waals surface area contributed by atoms with E-state index in [1.165, 1.54) is 6.07 Å². The zero-order valence-corrected chi connectivity index (χ0v) is 12.1. The smallest absolute Gasteiger partial charge is 0.252 e. The van der Waals surface area contributed by atoms with Crippen LogP contribution in [0, 0.1) is 5.92 Å². The van der Waals surface area contributed by atoms with E-state index in [0.717, 1.165) is 18.7 Å². The average Bonchev–Trinajstić information content (AvgIpc) is 2.29. The Hall–Kier alpha value is -1.32. The minimum atomic E-state index is -0.0899. The Kier molecular flexibility index (Phi) is 5.38. The van der Waals surface area contributed by atoms with Gasteiger partial charge in [-0.15, -0.1) is 0 Å². The Morgan fingerprint density at radius 1 is 1.28 bits per heavy atom. The number of nitrogens with one attached hydrogen (secondary N) is 2. The highest BCUT2D eigenvalue weighted by Crippen LogP contribution is 2.17. The van der Waals surface area contributed by atoms with Crippen LogP contribution >= 0.6 is 0 Å². The summed E-state index contributed by atoms with van der Waals surface area (Å²) < 4.78 is 0. The summed E-state index contributed by atoms with van der Waals surface area (Å²) in [5, 5.41) is 3.35. The Labute approximate surface area is 109 Å². The van der Waals surface area contributed by atoms with E-state index in [9.17, 15) is 4.79 Å². The zero-order valence-electron chi connectivity index (χ0n) is 12.1. The van der Waals surface area contributed by atoms with E-state index in [4.69, 9.17) is 0 Å². The summed E-state index contributed by atoms with van der Waals surface area (Å²) in [6.45, 7) is 10.6. The van der Waals surface area contributed by atoms with Crippen molar-refractivity contribution >= 4 is 5.82 Å². The number of aromatic amines is 1. The van der Waals surface area contributed by atoms with Gasteiger partial charge in [-0.25, -0.2) is 4.98 Å². The van der Waals surface area contributed by atoms with Gasteiger partial charge in [-0.05, 0) is 12.8 Å². The molecule has 0 bridgehead atoms. The molecule has 4 heteroatoms. The molecule has 0 aromatic carbocycles. The summed E-state index contributed by atoms with van der Waals surface area (Å²) in [5.41, 5.74) is -0.0899. The lowest BCUT2D eigenvalue weighted by atomic mass is 9.95. The standard InChI is InChI=1S/C14H25N3O/c1-6-11(7-2)10(5)15-12-8-13(18)17-14(16-12)9(3)4/h8-11H,6-7H2,1-5H3,(H2,15,16,17,18). The largest absolute Gasteiger partial charge is 0.367 e. The number of hydrogen-bond acceptors (Lipinski definition) is 3. The third kappa shape index (κ3) is 3.86. The van der Waals surface area contributed by atoms with Gasteiger partial charge in [-0.2, -0.15) is 0 Å². The van der Waals surface area contributed by atoms with Crippen LogP contribution in [-0.2, 0) is 0 Å². The lowest BCUT2D eigenvalue weighted by Crippen LogP contribution is -2.27. The third-order valence-electron chi connectivity index (χ3n) is 3.44. The molecule has 4 nitrogen and oxygen atoms in total. The van der Waals surface area contributed by atoms with Crippen molar-refractivity contribution in [3.63, 3.8) is 0 Å². The Balaban J connectivity index is 2.87. The van der Waals surface area contributed by atoms with Gasteiger partial charge in [0.05, 0.1) is 0 Å². The van der Waals surface area contributed by atoms with Gasteiger partial charge in [0, 0.05) is 18.0 Å². The van der Waals surface area contributed by atoms with Crippen LogP contribution in [0.2, 0.25) is 0 Å². The van der Waals surface area contributed by atoms with E-state index in [0.29, 0.717) is 17.8 Å². The molecule has 0 amide bonds. The second-order valence-electron chi connectivity index (χ2n) is 5.18. The molecule has 1 aromatic rings. The van der Waals surface area contributed by atoms with Gasteiger partial charge >= 0.3 is 0 Å². The zero-order chi connectivity index (χ0) is 13.7. The van der Waals surface area contributed by atoms with E-state index in [2.05, 4.69) is 36.1 Å². The molecule has 102 valence electrons. The maximum atomic E-state index is 11.6. The van der Waals surface area contributed by atoms with Crippen molar-refractivity contribution in [2.45, 2.75) is 59.4 Å². The summed E-state index contributed by atoms with van der Waals surface area (Å²) in [6.07, 6.45) is 2.26. The first kappa shape index (κ1) is 14.7.